The topological polar surface area (TPSA) is 84.1 Å². The van der Waals surface area contributed by atoms with Gasteiger partial charge in [0, 0.05) is 5.39 Å². The number of anilines is 2. The number of nitrogens with zero attached hydrogens (tertiary/aromatic N) is 2. The smallest absolute Gasteiger partial charge is 0.222 e. The van der Waals surface area contributed by atoms with E-state index in [1.165, 1.54) is 5.56 Å². The molecule has 4 N–H and O–H groups in total. The fourth-order valence-electron chi connectivity index (χ4n) is 2.97. The molecule has 0 amide bonds. The molecule has 1 heterocycles. The number of nitrogens with two attached hydrogens (primary N) is 1. The molecule has 0 saturated heterocycles. The fourth-order valence-corrected chi connectivity index (χ4v) is 2.97. The van der Waals surface area contributed by atoms with Crippen molar-refractivity contribution in [1.29, 1.82) is 0 Å². The molecule has 2 rings (SSSR count). The van der Waals surface area contributed by atoms with Crippen LogP contribution in [0.1, 0.15) is 58.4 Å². The Hall–Kier alpha value is -1.88. The van der Waals surface area contributed by atoms with E-state index in [0.717, 1.165) is 55.2 Å². The summed E-state index contributed by atoms with van der Waals surface area (Å²) in [6.07, 6.45) is 6.26. The van der Waals surface area contributed by atoms with Gasteiger partial charge >= 0.3 is 0 Å². The van der Waals surface area contributed by atoms with Crippen LogP contribution < -0.4 is 11.1 Å². The van der Waals surface area contributed by atoms with Gasteiger partial charge in [-0.1, -0.05) is 45.2 Å². The van der Waals surface area contributed by atoms with E-state index in [2.05, 4.69) is 35.2 Å². The Labute approximate surface area is 144 Å². The number of hydrogen-bond acceptors (Lipinski definition) is 5. The van der Waals surface area contributed by atoms with Gasteiger partial charge in [0.15, 0.2) is 0 Å². The van der Waals surface area contributed by atoms with Gasteiger partial charge in [-0.3, -0.25) is 0 Å². The minimum absolute atomic E-state index is 0.0511. The molecule has 0 unspecified atom stereocenters. The van der Waals surface area contributed by atoms with Gasteiger partial charge in [0.1, 0.15) is 5.82 Å². The van der Waals surface area contributed by atoms with Crippen molar-refractivity contribution in [3.63, 3.8) is 0 Å². The van der Waals surface area contributed by atoms with E-state index in [4.69, 9.17) is 5.73 Å². The van der Waals surface area contributed by atoms with Crippen molar-refractivity contribution < 1.29 is 5.11 Å². The number of aryl methyl sites for hydroxylation is 1. The van der Waals surface area contributed by atoms with E-state index in [0.29, 0.717) is 0 Å². The molecule has 0 radical (unpaired) electrons. The fraction of sp³-hybridized carbons (Fsp3) is 0.579. The third-order valence-electron chi connectivity index (χ3n) is 4.48. The highest BCUT2D eigenvalue weighted by Crippen LogP contribution is 2.30. The number of nitrogen functional groups attached to an aromatic ring is 1. The summed E-state index contributed by atoms with van der Waals surface area (Å²) in [5.41, 5.74) is 7.58. The summed E-state index contributed by atoms with van der Waals surface area (Å²) in [6.45, 7) is 6.42. The van der Waals surface area contributed by atoms with E-state index in [-0.39, 0.29) is 12.6 Å². The van der Waals surface area contributed by atoms with E-state index in [1.54, 1.807) is 0 Å². The largest absolute Gasteiger partial charge is 0.394 e. The highest BCUT2D eigenvalue weighted by molar-refractivity contribution is 5.93. The Kier molecular flexibility index (Phi) is 6.37. The first kappa shape index (κ1) is 18.5. The van der Waals surface area contributed by atoms with Crippen LogP contribution in [-0.4, -0.2) is 27.2 Å². The monoisotopic (exact) mass is 330 g/mol. The second-order valence-corrected chi connectivity index (χ2v) is 6.79. The van der Waals surface area contributed by atoms with Gasteiger partial charge in [-0.25, -0.2) is 4.98 Å². The Morgan fingerprint density at radius 1 is 1.17 bits per heavy atom. The number of fused-ring (bicyclic) bond motifs is 1. The van der Waals surface area contributed by atoms with Gasteiger partial charge in [0.05, 0.1) is 17.7 Å². The third-order valence-corrected chi connectivity index (χ3v) is 4.48. The lowest BCUT2D eigenvalue weighted by Gasteiger charge is -2.30. The quantitative estimate of drug-likeness (QED) is 0.649. The van der Waals surface area contributed by atoms with Crippen molar-refractivity contribution in [2.24, 2.45) is 0 Å². The van der Waals surface area contributed by atoms with Crippen molar-refractivity contribution >= 4 is 22.7 Å². The second kappa shape index (κ2) is 8.29. The summed E-state index contributed by atoms with van der Waals surface area (Å²) in [5.74, 6) is 0.991. The summed E-state index contributed by atoms with van der Waals surface area (Å²) in [4.78, 5) is 8.84. The molecule has 0 saturated carbocycles. The first-order chi connectivity index (χ1) is 11.5. The lowest BCUT2D eigenvalue weighted by atomic mass is 9.95. The molecule has 2 aromatic rings. The van der Waals surface area contributed by atoms with Crippen LogP contribution in [0.2, 0.25) is 0 Å². The number of aliphatic hydroxyl groups excluding tert-OH is 1. The van der Waals surface area contributed by atoms with Gasteiger partial charge in [-0.15, -0.1) is 0 Å². The highest BCUT2D eigenvalue weighted by Gasteiger charge is 2.24. The lowest BCUT2D eigenvalue weighted by molar-refractivity contribution is 0.212. The predicted octanol–water partition coefficient (Wildman–Crippen LogP) is 3.91. The van der Waals surface area contributed by atoms with E-state index in [1.807, 2.05) is 19.1 Å². The standard InChI is InChI=1S/C19H30N4O/c1-4-6-9-14-10-8-11-15-16(14)17(22-18(20)21-15)23-19(3,13-24)12-7-5-2/h8,10-11,24H,4-7,9,12-13H2,1-3H3,(H3,20,21,22,23)/t19-/m1/s1. The van der Waals surface area contributed by atoms with Gasteiger partial charge < -0.3 is 16.2 Å². The van der Waals surface area contributed by atoms with Crippen LogP contribution in [0, 0.1) is 0 Å². The molecule has 5 heteroatoms. The first-order valence-corrected chi connectivity index (χ1v) is 8.97. The molecule has 1 atom stereocenters. The number of benzene rings is 1. The van der Waals surface area contributed by atoms with Crippen LogP contribution in [0.5, 0.6) is 0 Å². The number of nitrogens with one attached hydrogen (secondary N) is 1. The molecule has 0 aliphatic carbocycles. The van der Waals surface area contributed by atoms with E-state index >= 15 is 0 Å². The minimum Gasteiger partial charge on any atom is -0.394 e. The Morgan fingerprint density at radius 3 is 2.58 bits per heavy atom. The highest BCUT2D eigenvalue weighted by atomic mass is 16.3. The maximum Gasteiger partial charge on any atom is 0.222 e. The number of aromatic nitrogens is 2. The summed E-state index contributed by atoms with van der Waals surface area (Å²) in [6, 6.07) is 6.12. The van der Waals surface area contributed by atoms with Gasteiger partial charge in [-0.2, -0.15) is 4.98 Å². The van der Waals surface area contributed by atoms with Crippen LogP contribution in [0.4, 0.5) is 11.8 Å². The molecule has 0 aliphatic rings. The van der Waals surface area contributed by atoms with Crippen molar-refractivity contribution in [1.82, 2.24) is 9.97 Å². The zero-order chi connectivity index (χ0) is 17.6. The first-order valence-electron chi connectivity index (χ1n) is 8.97. The normalized spacial score (nSPS) is 13.8. The van der Waals surface area contributed by atoms with Crippen molar-refractivity contribution in [3.05, 3.63) is 23.8 Å². The predicted molar refractivity (Wildman–Crippen MR) is 101 cm³/mol. The molecular weight excluding hydrogens is 300 g/mol. The Bertz CT molecular complexity index is 674. The second-order valence-electron chi connectivity index (χ2n) is 6.79. The van der Waals surface area contributed by atoms with Gasteiger partial charge in [0.25, 0.3) is 0 Å². The molecular formula is C19H30N4O. The van der Waals surface area contributed by atoms with Crippen LogP contribution >= 0.6 is 0 Å². The summed E-state index contributed by atoms with van der Waals surface area (Å²) in [7, 11) is 0. The molecule has 0 fully saturated rings. The zero-order valence-electron chi connectivity index (χ0n) is 15.1. The number of unbranched alkanes of at least 4 members (excludes halogenated alkanes) is 2. The van der Waals surface area contributed by atoms with Crippen LogP contribution in [0.25, 0.3) is 10.9 Å². The maximum atomic E-state index is 9.89. The number of rotatable bonds is 9. The van der Waals surface area contributed by atoms with E-state index in [9.17, 15) is 5.11 Å². The Morgan fingerprint density at radius 2 is 1.92 bits per heavy atom. The number of aliphatic hydroxyl groups is 1. The third kappa shape index (κ3) is 4.35. The maximum absolute atomic E-state index is 9.89. The molecule has 1 aromatic heterocycles. The molecule has 1 aromatic carbocycles. The van der Waals surface area contributed by atoms with Crippen LogP contribution in [0.3, 0.4) is 0 Å². The summed E-state index contributed by atoms with van der Waals surface area (Å²) < 4.78 is 0. The van der Waals surface area contributed by atoms with Gasteiger partial charge in [-0.05, 0) is 37.8 Å². The molecule has 0 spiro atoms. The average molecular weight is 330 g/mol. The summed E-state index contributed by atoms with van der Waals surface area (Å²) in [5, 5.41) is 14.4. The zero-order valence-corrected chi connectivity index (χ0v) is 15.1. The number of hydrogen-bond donors (Lipinski definition) is 3. The molecule has 5 nitrogen and oxygen atoms in total. The lowest BCUT2D eigenvalue weighted by Crippen LogP contribution is -2.39. The molecule has 0 bridgehead atoms. The van der Waals surface area contributed by atoms with Gasteiger partial charge in [0.2, 0.25) is 5.95 Å². The van der Waals surface area contributed by atoms with E-state index < -0.39 is 5.54 Å². The Balaban J connectivity index is 2.47. The molecule has 0 aliphatic heterocycles. The average Bonchev–Trinajstić information content (AvgIpc) is 2.57. The molecule has 24 heavy (non-hydrogen) atoms. The molecule has 132 valence electrons. The van der Waals surface area contributed by atoms with Crippen molar-refractivity contribution in [3.8, 4) is 0 Å². The van der Waals surface area contributed by atoms with Crippen LogP contribution in [-0.2, 0) is 6.42 Å². The van der Waals surface area contributed by atoms with Crippen molar-refractivity contribution in [2.75, 3.05) is 17.7 Å². The summed E-state index contributed by atoms with van der Waals surface area (Å²) >= 11 is 0. The minimum atomic E-state index is -0.415. The van der Waals surface area contributed by atoms with Crippen molar-refractivity contribution in [2.45, 2.75) is 64.8 Å². The van der Waals surface area contributed by atoms with Crippen LogP contribution in [0.15, 0.2) is 18.2 Å². The SMILES string of the molecule is CCCCc1cccc2nc(N)nc(N[C@@](C)(CO)CCCC)c12.